The van der Waals surface area contributed by atoms with Crippen molar-refractivity contribution in [3.8, 4) is 17.3 Å². The van der Waals surface area contributed by atoms with Gasteiger partial charge in [-0.05, 0) is 52.7 Å². The number of aromatic nitrogens is 4. The summed E-state index contributed by atoms with van der Waals surface area (Å²) < 4.78 is 42.1. The van der Waals surface area contributed by atoms with Crippen LogP contribution < -0.4 is 4.74 Å². The Morgan fingerprint density at radius 2 is 1.76 bits per heavy atom. The fraction of sp³-hybridized carbons (Fsp3) is 0.400. The molecule has 0 atom stereocenters. The van der Waals surface area contributed by atoms with Crippen LogP contribution in [-0.4, -0.2) is 56.0 Å². The summed E-state index contributed by atoms with van der Waals surface area (Å²) in [5.41, 5.74) is 1.21. The maximum atomic E-state index is 14.9. The minimum atomic E-state index is -0.714. The Morgan fingerprint density at radius 1 is 1.07 bits per heavy atom. The Kier molecular flexibility index (Phi) is 8.13. The predicted octanol–water partition coefficient (Wildman–Crippen LogP) is 6.99. The van der Waals surface area contributed by atoms with Crippen LogP contribution in [-0.2, 0) is 11.3 Å². The normalized spacial score (nSPS) is 14.5. The van der Waals surface area contributed by atoms with E-state index < -0.39 is 17.2 Å². The molecular weight excluding hydrogens is 552 g/mol. The molecular formula is C30H32ClF2N5O3. The largest absolute Gasteiger partial charge is 0.494 e. The van der Waals surface area contributed by atoms with Crippen LogP contribution in [0.1, 0.15) is 57.7 Å². The zero-order chi connectivity index (χ0) is 29.3. The van der Waals surface area contributed by atoms with Crippen molar-refractivity contribution in [1.82, 2.24) is 24.6 Å². The van der Waals surface area contributed by atoms with Crippen LogP contribution in [0, 0.1) is 11.6 Å². The Hall–Kier alpha value is -3.79. The molecule has 8 nitrogen and oxygen atoms in total. The zero-order valence-electron chi connectivity index (χ0n) is 23.5. The maximum absolute atomic E-state index is 14.9. The van der Waals surface area contributed by atoms with Gasteiger partial charge in [-0.2, -0.15) is 5.10 Å². The van der Waals surface area contributed by atoms with Gasteiger partial charge in [0.05, 0.1) is 18.7 Å². The summed E-state index contributed by atoms with van der Waals surface area (Å²) in [6.07, 6.45) is 1.06. The molecule has 0 saturated carbocycles. The second-order valence-corrected chi connectivity index (χ2v) is 11.4. The van der Waals surface area contributed by atoms with Crippen molar-refractivity contribution in [3.63, 3.8) is 0 Å². The van der Waals surface area contributed by atoms with Gasteiger partial charge in [0.25, 0.3) is 0 Å². The average Bonchev–Trinajstić information content (AvgIpc) is 3.28. The van der Waals surface area contributed by atoms with E-state index in [1.165, 1.54) is 16.8 Å². The first-order valence-electron chi connectivity index (χ1n) is 13.6. The van der Waals surface area contributed by atoms with Crippen molar-refractivity contribution in [2.45, 2.75) is 58.6 Å². The van der Waals surface area contributed by atoms with Gasteiger partial charge in [0, 0.05) is 47.8 Å². The van der Waals surface area contributed by atoms with Gasteiger partial charge in [0.15, 0.2) is 5.82 Å². The lowest BCUT2D eigenvalue weighted by Crippen LogP contribution is -2.41. The molecule has 216 valence electrons. The number of nitrogens with zero attached hydrogens (tertiary/aromatic N) is 5. The Morgan fingerprint density at radius 3 is 2.41 bits per heavy atom. The van der Waals surface area contributed by atoms with Crippen molar-refractivity contribution < 1.29 is 23.0 Å². The highest BCUT2D eigenvalue weighted by Crippen LogP contribution is 2.33. The van der Waals surface area contributed by atoms with Gasteiger partial charge in [0.2, 0.25) is 0 Å². The van der Waals surface area contributed by atoms with Crippen LogP contribution in [0.4, 0.5) is 13.6 Å². The molecule has 5 rings (SSSR count). The summed E-state index contributed by atoms with van der Waals surface area (Å²) in [5, 5.41) is 5.69. The number of hydrogen-bond donors (Lipinski definition) is 0. The molecule has 2 aromatic heterocycles. The Balaban J connectivity index is 1.43. The standard InChI is InChI=1S/C30H32ClF2N5O3/c1-5-40-19-14-22(32)21(23(33)15-19)17-38-25-9-7-6-8-20(25)27(36-38)28-34-24(16-26(31)35-28)18-10-12-37(13-11-18)29(39)41-30(2,3)4/h6-9,14-16,18H,5,10-13,17H2,1-4H3. The highest BCUT2D eigenvalue weighted by Gasteiger charge is 2.29. The zero-order valence-corrected chi connectivity index (χ0v) is 24.2. The van der Waals surface area contributed by atoms with Crippen molar-refractivity contribution in [2.24, 2.45) is 0 Å². The van der Waals surface area contributed by atoms with Crippen LogP contribution >= 0.6 is 11.6 Å². The monoisotopic (exact) mass is 583 g/mol. The van der Waals surface area contributed by atoms with Crippen LogP contribution in [0.2, 0.25) is 5.15 Å². The number of rotatable bonds is 6. The number of ether oxygens (including phenoxy) is 2. The molecule has 41 heavy (non-hydrogen) atoms. The molecule has 4 aromatic rings. The number of likely N-dealkylation sites (tertiary alicyclic amines) is 1. The quantitative estimate of drug-likeness (QED) is 0.228. The Labute approximate surface area is 242 Å². The molecule has 1 fully saturated rings. The van der Waals surface area contributed by atoms with Gasteiger partial charge in [-0.1, -0.05) is 29.8 Å². The number of carbonyl (C=O) groups is 1. The fourth-order valence-corrected chi connectivity index (χ4v) is 5.17. The van der Waals surface area contributed by atoms with E-state index >= 15 is 0 Å². The lowest BCUT2D eigenvalue weighted by atomic mass is 9.93. The third kappa shape index (κ3) is 6.43. The number of amides is 1. The summed E-state index contributed by atoms with van der Waals surface area (Å²) in [6, 6.07) is 11.5. The summed E-state index contributed by atoms with van der Waals surface area (Å²) in [7, 11) is 0. The summed E-state index contributed by atoms with van der Waals surface area (Å²) in [4.78, 5) is 23.5. The average molecular weight is 584 g/mol. The predicted molar refractivity (Wildman–Crippen MR) is 152 cm³/mol. The highest BCUT2D eigenvalue weighted by atomic mass is 35.5. The minimum Gasteiger partial charge on any atom is -0.494 e. The molecule has 0 bridgehead atoms. The molecule has 0 aliphatic carbocycles. The number of benzene rings is 2. The van der Waals surface area contributed by atoms with E-state index in [1.807, 2.05) is 45.0 Å². The van der Waals surface area contributed by atoms with Crippen LogP contribution in [0.25, 0.3) is 22.4 Å². The highest BCUT2D eigenvalue weighted by molar-refractivity contribution is 6.29. The van der Waals surface area contributed by atoms with Gasteiger partial charge in [-0.3, -0.25) is 4.68 Å². The first-order chi connectivity index (χ1) is 19.5. The summed E-state index contributed by atoms with van der Waals surface area (Å²) in [6.45, 7) is 8.52. The van der Waals surface area contributed by atoms with Crippen molar-refractivity contribution >= 4 is 28.6 Å². The molecule has 1 saturated heterocycles. The lowest BCUT2D eigenvalue weighted by molar-refractivity contribution is 0.0204. The van der Waals surface area contributed by atoms with Crippen LogP contribution in [0.15, 0.2) is 42.5 Å². The molecule has 0 unspecified atom stereocenters. The number of halogens is 3. The van der Waals surface area contributed by atoms with E-state index in [0.717, 1.165) is 11.1 Å². The lowest BCUT2D eigenvalue weighted by Gasteiger charge is -2.33. The summed E-state index contributed by atoms with van der Waals surface area (Å²) in [5.74, 6) is -0.908. The third-order valence-corrected chi connectivity index (χ3v) is 7.08. The van der Waals surface area contributed by atoms with E-state index in [1.54, 1.807) is 17.9 Å². The number of piperidine rings is 1. The van der Waals surface area contributed by atoms with Gasteiger partial charge in [-0.15, -0.1) is 0 Å². The number of fused-ring (bicyclic) bond motifs is 1. The van der Waals surface area contributed by atoms with E-state index in [2.05, 4.69) is 4.98 Å². The van der Waals surface area contributed by atoms with Gasteiger partial charge in [-0.25, -0.2) is 23.5 Å². The first kappa shape index (κ1) is 28.7. The van der Waals surface area contributed by atoms with Crippen LogP contribution in [0.3, 0.4) is 0 Å². The van der Waals surface area contributed by atoms with Gasteiger partial charge < -0.3 is 14.4 Å². The van der Waals surface area contributed by atoms with Gasteiger partial charge >= 0.3 is 6.09 Å². The smallest absolute Gasteiger partial charge is 0.410 e. The molecule has 1 aliphatic heterocycles. The molecule has 11 heteroatoms. The molecule has 2 aromatic carbocycles. The molecule has 3 heterocycles. The first-order valence-corrected chi connectivity index (χ1v) is 14.0. The fourth-order valence-electron chi connectivity index (χ4n) is 4.98. The molecule has 0 radical (unpaired) electrons. The van der Waals surface area contributed by atoms with Crippen molar-refractivity contribution in [3.05, 3.63) is 70.5 Å². The van der Waals surface area contributed by atoms with Crippen molar-refractivity contribution in [1.29, 1.82) is 0 Å². The number of hydrogen-bond acceptors (Lipinski definition) is 6. The van der Waals surface area contributed by atoms with Crippen molar-refractivity contribution in [2.75, 3.05) is 19.7 Å². The van der Waals surface area contributed by atoms with Crippen LogP contribution in [0.5, 0.6) is 5.75 Å². The number of carbonyl (C=O) groups excluding carboxylic acids is 1. The van der Waals surface area contributed by atoms with Gasteiger partial charge in [0.1, 0.15) is 33.8 Å². The van der Waals surface area contributed by atoms with E-state index in [-0.39, 0.29) is 35.0 Å². The van der Waals surface area contributed by atoms with E-state index in [9.17, 15) is 13.6 Å². The topological polar surface area (TPSA) is 82.4 Å². The maximum Gasteiger partial charge on any atom is 0.410 e. The third-order valence-electron chi connectivity index (χ3n) is 6.88. The molecule has 0 N–H and O–H groups in total. The molecule has 0 spiro atoms. The second kappa shape index (κ2) is 11.6. The SMILES string of the molecule is CCOc1cc(F)c(Cn2nc(-c3nc(Cl)cc(C4CCN(C(=O)OC(C)(C)C)CC4)n3)c3ccccc32)c(F)c1. The molecule has 1 amide bonds. The van der Waals surface area contributed by atoms with E-state index in [0.29, 0.717) is 49.6 Å². The molecule has 1 aliphatic rings. The second-order valence-electron chi connectivity index (χ2n) is 11.0. The Bertz CT molecular complexity index is 1560. The summed E-state index contributed by atoms with van der Waals surface area (Å²) >= 11 is 6.46. The van der Waals surface area contributed by atoms with E-state index in [4.69, 9.17) is 31.2 Å². The number of para-hydroxylation sites is 1. The minimum absolute atomic E-state index is 0.0633.